The third-order valence-electron chi connectivity index (χ3n) is 1.28. The van der Waals surface area contributed by atoms with Gasteiger partial charge in [-0.15, -0.1) is 0 Å². The summed E-state index contributed by atoms with van der Waals surface area (Å²) < 4.78 is 0. The van der Waals surface area contributed by atoms with E-state index in [1.165, 1.54) is 0 Å². The number of hydrogen-bond acceptors (Lipinski definition) is 2. The van der Waals surface area contributed by atoms with E-state index in [2.05, 4.69) is 15.0 Å². The van der Waals surface area contributed by atoms with Crippen LogP contribution in [0.2, 0.25) is 5.15 Å². The van der Waals surface area contributed by atoms with Gasteiger partial charge in [-0.25, -0.2) is 4.98 Å². The van der Waals surface area contributed by atoms with Crippen LogP contribution in [0, 0.1) is 0 Å². The van der Waals surface area contributed by atoms with E-state index in [1.54, 1.807) is 18.2 Å². The molecule has 1 rings (SSSR count). The molecule has 0 bridgehead atoms. The van der Waals surface area contributed by atoms with Crippen molar-refractivity contribution in [1.29, 1.82) is 0 Å². The van der Waals surface area contributed by atoms with E-state index in [0.717, 1.165) is 5.69 Å². The molecule has 0 fully saturated rings. The van der Waals surface area contributed by atoms with Crippen LogP contribution in [0.25, 0.3) is 16.5 Å². The van der Waals surface area contributed by atoms with Crippen molar-refractivity contribution in [2.24, 2.45) is 5.11 Å². The molecule has 0 aliphatic carbocycles. The summed E-state index contributed by atoms with van der Waals surface area (Å²) in [6.07, 6.45) is 3.47. The Morgan fingerprint density at radius 3 is 3.15 bits per heavy atom. The standard InChI is InChI=1S/C8H7ClN4/c9-8-5-1-3-7(12-8)4-2-6-11-13-10/h1-5H,6H2. The van der Waals surface area contributed by atoms with E-state index in [4.69, 9.17) is 17.1 Å². The first kappa shape index (κ1) is 9.58. The lowest BCUT2D eigenvalue weighted by Gasteiger charge is -1.91. The molecule has 5 heteroatoms. The maximum atomic E-state index is 8.00. The van der Waals surface area contributed by atoms with Crippen molar-refractivity contribution in [3.8, 4) is 0 Å². The minimum atomic E-state index is 0.324. The van der Waals surface area contributed by atoms with Gasteiger partial charge in [0.05, 0.1) is 5.69 Å². The minimum Gasteiger partial charge on any atom is -0.237 e. The van der Waals surface area contributed by atoms with Crippen molar-refractivity contribution >= 4 is 17.7 Å². The molecule has 0 aliphatic heterocycles. The number of aromatic nitrogens is 1. The van der Waals surface area contributed by atoms with Crippen LogP contribution < -0.4 is 0 Å². The van der Waals surface area contributed by atoms with Crippen LogP contribution in [-0.4, -0.2) is 11.5 Å². The first-order chi connectivity index (χ1) is 6.33. The molecular formula is C8H7ClN4. The molecule has 1 aromatic heterocycles. The van der Waals surface area contributed by atoms with Crippen LogP contribution >= 0.6 is 11.6 Å². The Hall–Kier alpha value is -1.51. The molecule has 0 amide bonds. The zero-order valence-corrected chi connectivity index (χ0v) is 7.52. The van der Waals surface area contributed by atoms with Crippen molar-refractivity contribution < 1.29 is 0 Å². The fourth-order valence-corrected chi connectivity index (χ4v) is 0.944. The third-order valence-corrected chi connectivity index (χ3v) is 1.49. The van der Waals surface area contributed by atoms with Crippen molar-refractivity contribution in [3.05, 3.63) is 45.6 Å². The number of hydrogen-bond donors (Lipinski definition) is 0. The highest BCUT2D eigenvalue weighted by molar-refractivity contribution is 6.29. The van der Waals surface area contributed by atoms with Crippen LogP contribution in [0.3, 0.4) is 0 Å². The normalized spacial score (nSPS) is 9.92. The molecule has 0 unspecified atom stereocenters. The van der Waals surface area contributed by atoms with Gasteiger partial charge in [0.25, 0.3) is 0 Å². The number of pyridine rings is 1. The summed E-state index contributed by atoms with van der Waals surface area (Å²) in [5.74, 6) is 0. The van der Waals surface area contributed by atoms with Gasteiger partial charge >= 0.3 is 0 Å². The number of halogens is 1. The van der Waals surface area contributed by atoms with Gasteiger partial charge in [0, 0.05) is 11.5 Å². The van der Waals surface area contributed by atoms with Gasteiger partial charge in [-0.2, -0.15) is 0 Å². The SMILES string of the molecule is [N-]=[N+]=NCC=Cc1cccc(Cl)n1. The van der Waals surface area contributed by atoms with Gasteiger partial charge < -0.3 is 0 Å². The van der Waals surface area contributed by atoms with Gasteiger partial charge in [0.15, 0.2) is 0 Å². The molecule has 0 saturated heterocycles. The van der Waals surface area contributed by atoms with Gasteiger partial charge in [0.1, 0.15) is 5.15 Å². The fraction of sp³-hybridized carbons (Fsp3) is 0.125. The summed E-state index contributed by atoms with van der Waals surface area (Å²) in [7, 11) is 0. The number of nitrogens with zero attached hydrogens (tertiary/aromatic N) is 4. The summed E-state index contributed by atoms with van der Waals surface area (Å²) in [6, 6.07) is 5.33. The van der Waals surface area contributed by atoms with Crippen molar-refractivity contribution in [1.82, 2.24) is 4.98 Å². The lowest BCUT2D eigenvalue weighted by molar-refractivity contribution is 1.21. The second-order valence-electron chi connectivity index (χ2n) is 2.20. The molecule has 13 heavy (non-hydrogen) atoms. The molecular weight excluding hydrogens is 188 g/mol. The van der Waals surface area contributed by atoms with Gasteiger partial charge in [-0.05, 0) is 23.7 Å². The van der Waals surface area contributed by atoms with Crippen LogP contribution in [0.15, 0.2) is 29.4 Å². The highest BCUT2D eigenvalue weighted by atomic mass is 35.5. The molecule has 0 atom stereocenters. The maximum absolute atomic E-state index is 8.00. The van der Waals surface area contributed by atoms with Crippen LogP contribution in [0.5, 0.6) is 0 Å². The van der Waals surface area contributed by atoms with Crippen LogP contribution in [0.4, 0.5) is 0 Å². The average Bonchev–Trinajstić information content (AvgIpc) is 2.13. The Balaban J connectivity index is 2.63. The number of azide groups is 1. The Morgan fingerprint density at radius 1 is 1.62 bits per heavy atom. The maximum Gasteiger partial charge on any atom is 0.129 e. The van der Waals surface area contributed by atoms with Gasteiger partial charge in [-0.1, -0.05) is 28.9 Å². The van der Waals surface area contributed by atoms with E-state index in [-0.39, 0.29) is 0 Å². The van der Waals surface area contributed by atoms with Crippen molar-refractivity contribution in [2.75, 3.05) is 6.54 Å². The predicted molar refractivity (Wildman–Crippen MR) is 52.3 cm³/mol. The van der Waals surface area contributed by atoms with E-state index in [9.17, 15) is 0 Å². The van der Waals surface area contributed by atoms with Crippen molar-refractivity contribution in [2.45, 2.75) is 0 Å². The van der Waals surface area contributed by atoms with E-state index < -0.39 is 0 Å². The quantitative estimate of drug-likeness (QED) is 0.316. The minimum absolute atomic E-state index is 0.324. The summed E-state index contributed by atoms with van der Waals surface area (Å²) in [5, 5.41) is 3.79. The molecule has 0 spiro atoms. The summed E-state index contributed by atoms with van der Waals surface area (Å²) in [6.45, 7) is 0.324. The zero-order valence-electron chi connectivity index (χ0n) is 6.76. The molecule has 4 nitrogen and oxygen atoms in total. The Kier molecular flexibility index (Phi) is 3.82. The molecule has 1 aromatic rings. The van der Waals surface area contributed by atoms with E-state index in [0.29, 0.717) is 11.7 Å². The lowest BCUT2D eigenvalue weighted by atomic mass is 10.3. The molecule has 0 N–H and O–H groups in total. The Morgan fingerprint density at radius 2 is 2.46 bits per heavy atom. The van der Waals surface area contributed by atoms with Gasteiger partial charge in [0.2, 0.25) is 0 Å². The topological polar surface area (TPSA) is 61.7 Å². The molecule has 1 heterocycles. The average molecular weight is 195 g/mol. The predicted octanol–water partition coefficient (Wildman–Crippen LogP) is 3.06. The largest absolute Gasteiger partial charge is 0.237 e. The molecule has 0 aromatic carbocycles. The summed E-state index contributed by atoms with van der Waals surface area (Å²) in [5.41, 5.74) is 8.75. The van der Waals surface area contributed by atoms with E-state index >= 15 is 0 Å². The molecule has 0 aliphatic rings. The summed E-state index contributed by atoms with van der Waals surface area (Å²) in [4.78, 5) is 6.63. The van der Waals surface area contributed by atoms with Crippen LogP contribution in [0.1, 0.15) is 5.69 Å². The fourth-order valence-electron chi connectivity index (χ4n) is 0.774. The van der Waals surface area contributed by atoms with E-state index in [1.807, 2.05) is 12.1 Å². The monoisotopic (exact) mass is 194 g/mol. The molecule has 0 saturated carbocycles. The molecule has 0 radical (unpaired) electrons. The second kappa shape index (κ2) is 5.19. The first-order valence-electron chi connectivity index (χ1n) is 3.63. The smallest absolute Gasteiger partial charge is 0.129 e. The molecule has 66 valence electrons. The lowest BCUT2D eigenvalue weighted by Crippen LogP contribution is -1.79. The Bertz CT molecular complexity index is 355. The van der Waals surface area contributed by atoms with Crippen LogP contribution in [-0.2, 0) is 0 Å². The highest BCUT2D eigenvalue weighted by Gasteiger charge is 1.88. The third kappa shape index (κ3) is 3.60. The highest BCUT2D eigenvalue weighted by Crippen LogP contribution is 2.05. The van der Waals surface area contributed by atoms with Crippen molar-refractivity contribution in [3.63, 3.8) is 0 Å². The zero-order chi connectivity index (χ0) is 9.52. The second-order valence-corrected chi connectivity index (χ2v) is 2.59. The Labute approximate surface area is 80.5 Å². The first-order valence-corrected chi connectivity index (χ1v) is 4.00. The van der Waals surface area contributed by atoms with Gasteiger partial charge in [-0.3, -0.25) is 0 Å². The number of rotatable bonds is 3. The summed E-state index contributed by atoms with van der Waals surface area (Å²) >= 11 is 5.66.